The predicted octanol–water partition coefficient (Wildman–Crippen LogP) is 7.65. The molecule has 0 amide bonds. The van der Waals surface area contributed by atoms with Crippen LogP contribution in [0.1, 0.15) is 29.0 Å². The molecule has 0 saturated heterocycles. The van der Waals surface area contributed by atoms with Gasteiger partial charge in [-0.2, -0.15) is 0 Å². The van der Waals surface area contributed by atoms with Gasteiger partial charge in [-0.1, -0.05) is 64.2 Å². The standard InChI is InChI=1S/C23H16Cl3F2NO/c24-15-7-4-14(20(26)10-15)12-30-29-23(13-5-8-16(27)9-6-13)18-11-17(18)22-19(25)2-1-3-21(22)28/h1-10,17-18H,11-12H2/b29-23-/t17-,18-/m1/s1. The summed E-state index contributed by atoms with van der Waals surface area (Å²) in [6.45, 7) is 0.137. The number of benzene rings is 3. The molecule has 0 radical (unpaired) electrons. The van der Waals surface area contributed by atoms with Gasteiger partial charge in [0.2, 0.25) is 0 Å². The molecule has 0 bridgehead atoms. The topological polar surface area (TPSA) is 21.6 Å². The van der Waals surface area contributed by atoms with Crippen LogP contribution in [0.3, 0.4) is 0 Å². The van der Waals surface area contributed by atoms with E-state index in [-0.39, 0.29) is 30.1 Å². The molecule has 1 saturated carbocycles. The van der Waals surface area contributed by atoms with Gasteiger partial charge in [0.1, 0.15) is 18.2 Å². The lowest BCUT2D eigenvalue weighted by molar-refractivity contribution is 0.130. The van der Waals surface area contributed by atoms with Crippen LogP contribution in [0.5, 0.6) is 0 Å². The molecule has 4 rings (SSSR count). The van der Waals surface area contributed by atoms with Gasteiger partial charge in [0.15, 0.2) is 0 Å². The number of rotatable bonds is 6. The van der Waals surface area contributed by atoms with Gasteiger partial charge in [-0.25, -0.2) is 8.78 Å². The van der Waals surface area contributed by atoms with Crippen molar-refractivity contribution in [2.75, 3.05) is 0 Å². The third-order valence-corrected chi connectivity index (χ3v) is 5.97. The quantitative estimate of drug-likeness (QED) is 0.270. The molecule has 1 aliphatic carbocycles. The fourth-order valence-electron chi connectivity index (χ4n) is 3.45. The zero-order valence-corrected chi connectivity index (χ0v) is 17.9. The van der Waals surface area contributed by atoms with E-state index < -0.39 is 0 Å². The largest absolute Gasteiger partial charge is 0.391 e. The maximum Gasteiger partial charge on any atom is 0.143 e. The number of halogens is 5. The van der Waals surface area contributed by atoms with E-state index in [9.17, 15) is 8.78 Å². The molecule has 7 heteroatoms. The summed E-state index contributed by atoms with van der Waals surface area (Å²) in [4.78, 5) is 5.57. The number of hydrogen-bond acceptors (Lipinski definition) is 2. The highest BCUT2D eigenvalue weighted by molar-refractivity contribution is 6.35. The van der Waals surface area contributed by atoms with Crippen LogP contribution in [0, 0.1) is 17.6 Å². The molecule has 0 spiro atoms. The Balaban J connectivity index is 1.59. The molecule has 1 aliphatic rings. The monoisotopic (exact) mass is 465 g/mol. The van der Waals surface area contributed by atoms with Crippen LogP contribution in [0.15, 0.2) is 65.8 Å². The van der Waals surface area contributed by atoms with Crippen molar-refractivity contribution >= 4 is 40.5 Å². The Labute approximate surface area is 188 Å². The first-order valence-corrected chi connectivity index (χ1v) is 10.4. The van der Waals surface area contributed by atoms with E-state index in [2.05, 4.69) is 5.16 Å². The summed E-state index contributed by atoms with van der Waals surface area (Å²) in [5, 5.41) is 5.71. The van der Waals surface area contributed by atoms with Crippen LogP contribution in [0.4, 0.5) is 8.78 Å². The highest BCUT2D eigenvalue weighted by Gasteiger charge is 2.45. The van der Waals surface area contributed by atoms with Crippen molar-refractivity contribution < 1.29 is 13.6 Å². The summed E-state index contributed by atoms with van der Waals surface area (Å²) in [5.41, 5.74) is 2.52. The highest BCUT2D eigenvalue weighted by atomic mass is 35.5. The Bertz CT molecular complexity index is 1080. The molecular formula is C23H16Cl3F2NO. The van der Waals surface area contributed by atoms with Gasteiger partial charge in [-0.3, -0.25) is 0 Å². The minimum atomic E-state index is -0.351. The van der Waals surface area contributed by atoms with Gasteiger partial charge in [0.05, 0.1) is 5.71 Å². The maximum absolute atomic E-state index is 14.4. The minimum absolute atomic E-state index is 0.0921. The molecule has 0 aromatic heterocycles. The van der Waals surface area contributed by atoms with Crippen LogP contribution in [0.25, 0.3) is 0 Å². The first-order chi connectivity index (χ1) is 14.4. The van der Waals surface area contributed by atoms with Crippen LogP contribution < -0.4 is 0 Å². The summed E-state index contributed by atoms with van der Waals surface area (Å²) < 4.78 is 27.8. The molecule has 0 heterocycles. The van der Waals surface area contributed by atoms with Crippen molar-refractivity contribution in [3.63, 3.8) is 0 Å². The normalized spacial score (nSPS) is 18.4. The lowest BCUT2D eigenvalue weighted by Crippen LogP contribution is -2.07. The van der Waals surface area contributed by atoms with Crippen molar-refractivity contribution in [1.29, 1.82) is 0 Å². The SMILES string of the molecule is Fc1ccc(/C(=N/OCc2ccc(Cl)cc2Cl)[C@@H]2C[C@H]2c2c(F)cccc2Cl)cc1. The van der Waals surface area contributed by atoms with Gasteiger partial charge in [0, 0.05) is 32.1 Å². The number of oxime groups is 1. The molecule has 0 N–H and O–H groups in total. The minimum Gasteiger partial charge on any atom is -0.391 e. The van der Waals surface area contributed by atoms with Gasteiger partial charge in [-0.15, -0.1) is 0 Å². The zero-order chi connectivity index (χ0) is 21.3. The van der Waals surface area contributed by atoms with Gasteiger partial charge in [0.25, 0.3) is 0 Å². The van der Waals surface area contributed by atoms with E-state index in [1.54, 1.807) is 42.5 Å². The number of hydrogen-bond donors (Lipinski definition) is 0. The van der Waals surface area contributed by atoms with Crippen LogP contribution in [-0.2, 0) is 11.4 Å². The lowest BCUT2D eigenvalue weighted by Gasteiger charge is -2.10. The van der Waals surface area contributed by atoms with Gasteiger partial charge < -0.3 is 4.84 Å². The molecule has 1 fully saturated rings. The summed E-state index contributed by atoms with van der Waals surface area (Å²) in [6.07, 6.45) is 0.669. The average molecular weight is 467 g/mol. The average Bonchev–Trinajstić information content (AvgIpc) is 3.47. The van der Waals surface area contributed by atoms with Crippen LogP contribution in [0.2, 0.25) is 15.1 Å². The zero-order valence-electron chi connectivity index (χ0n) is 15.6. The summed E-state index contributed by atoms with van der Waals surface area (Å²) >= 11 is 18.3. The number of nitrogens with zero attached hydrogens (tertiary/aromatic N) is 1. The second-order valence-electron chi connectivity index (χ2n) is 7.08. The molecule has 154 valence electrons. The molecule has 0 aliphatic heterocycles. The van der Waals surface area contributed by atoms with E-state index in [0.29, 0.717) is 38.3 Å². The molecule has 3 aromatic rings. The fourth-order valence-corrected chi connectivity index (χ4v) is 4.21. The summed E-state index contributed by atoms with van der Waals surface area (Å²) in [7, 11) is 0. The second kappa shape index (κ2) is 8.93. The third-order valence-electron chi connectivity index (χ3n) is 5.05. The van der Waals surface area contributed by atoms with E-state index in [4.69, 9.17) is 39.6 Å². The Morgan fingerprint density at radius 2 is 1.73 bits per heavy atom. The maximum atomic E-state index is 14.4. The van der Waals surface area contributed by atoms with Crippen molar-refractivity contribution in [2.24, 2.45) is 11.1 Å². The van der Waals surface area contributed by atoms with Crippen LogP contribution in [-0.4, -0.2) is 5.71 Å². The van der Waals surface area contributed by atoms with E-state index in [1.807, 2.05) is 0 Å². The van der Waals surface area contributed by atoms with E-state index in [1.165, 1.54) is 18.2 Å². The summed E-state index contributed by atoms with van der Waals surface area (Å²) in [5.74, 6) is -0.908. The first kappa shape index (κ1) is 21.1. The first-order valence-electron chi connectivity index (χ1n) is 9.27. The van der Waals surface area contributed by atoms with Crippen molar-refractivity contribution in [2.45, 2.75) is 18.9 Å². The predicted molar refractivity (Wildman–Crippen MR) is 116 cm³/mol. The third kappa shape index (κ3) is 4.61. The Morgan fingerprint density at radius 3 is 2.43 bits per heavy atom. The van der Waals surface area contributed by atoms with Gasteiger partial charge >= 0.3 is 0 Å². The van der Waals surface area contributed by atoms with E-state index >= 15 is 0 Å². The van der Waals surface area contributed by atoms with E-state index in [0.717, 1.165) is 5.56 Å². The van der Waals surface area contributed by atoms with Gasteiger partial charge in [-0.05, 0) is 54.3 Å². The Kier molecular flexibility index (Phi) is 6.28. The van der Waals surface area contributed by atoms with Crippen molar-refractivity contribution in [3.05, 3.63) is 104 Å². The molecular weight excluding hydrogens is 451 g/mol. The molecule has 2 atom stereocenters. The van der Waals surface area contributed by atoms with Crippen molar-refractivity contribution in [1.82, 2.24) is 0 Å². The summed E-state index contributed by atoms with van der Waals surface area (Å²) in [6, 6.07) is 15.7. The van der Waals surface area contributed by atoms with Crippen LogP contribution >= 0.6 is 34.8 Å². The molecule has 2 nitrogen and oxygen atoms in total. The molecule has 30 heavy (non-hydrogen) atoms. The lowest BCUT2D eigenvalue weighted by atomic mass is 10.0. The van der Waals surface area contributed by atoms with Crippen molar-refractivity contribution in [3.8, 4) is 0 Å². The second-order valence-corrected chi connectivity index (χ2v) is 8.33. The molecule has 3 aromatic carbocycles. The Morgan fingerprint density at radius 1 is 0.967 bits per heavy atom. The highest BCUT2D eigenvalue weighted by Crippen LogP contribution is 2.52. The molecule has 0 unspecified atom stereocenters. The fraction of sp³-hybridized carbons (Fsp3) is 0.174. The smallest absolute Gasteiger partial charge is 0.143 e. The Hall–Kier alpha value is -2.14.